The van der Waals surface area contributed by atoms with Crippen LogP contribution in [0.5, 0.6) is 0 Å². The smallest absolute Gasteiger partial charge is 0.262 e. The molecule has 3 aromatic rings. The molecule has 5 nitrogen and oxygen atoms in total. The normalized spacial score (nSPS) is 11.2. The van der Waals surface area contributed by atoms with Crippen molar-refractivity contribution < 1.29 is 4.79 Å². The molecule has 1 amide bonds. The highest BCUT2D eigenvalue weighted by Crippen LogP contribution is 2.22. The summed E-state index contributed by atoms with van der Waals surface area (Å²) in [5, 5.41) is 4.96. The number of hydrogen-bond donors (Lipinski definition) is 1. The number of halogens is 2. The highest BCUT2D eigenvalue weighted by atomic mass is 35.5. The van der Waals surface area contributed by atoms with E-state index in [4.69, 9.17) is 23.2 Å². The Balaban J connectivity index is 1.83. The van der Waals surface area contributed by atoms with Gasteiger partial charge in [-0.2, -0.15) is 0 Å². The lowest BCUT2D eigenvalue weighted by Gasteiger charge is -2.14. The van der Waals surface area contributed by atoms with Crippen LogP contribution < -0.4 is 10.9 Å². The average Bonchev–Trinajstić information content (AvgIpc) is 2.67. The summed E-state index contributed by atoms with van der Waals surface area (Å²) in [6, 6.07) is 11.9. The number of hydrogen-bond acceptors (Lipinski definition) is 4. The van der Waals surface area contributed by atoms with Gasteiger partial charge < -0.3 is 5.32 Å². The minimum absolute atomic E-state index is 0.118. The van der Waals surface area contributed by atoms with Crippen molar-refractivity contribution in [1.29, 1.82) is 0 Å². The first-order chi connectivity index (χ1) is 13.8. The van der Waals surface area contributed by atoms with E-state index in [1.807, 2.05) is 0 Å². The molecule has 1 N–H and O–H groups in total. The number of fused-ring (bicyclic) bond motifs is 1. The molecule has 3 rings (SSSR count). The largest absolute Gasteiger partial charge is 0.325 e. The summed E-state index contributed by atoms with van der Waals surface area (Å²) in [7, 11) is 0. The van der Waals surface area contributed by atoms with E-state index in [0.717, 1.165) is 6.42 Å². The number of thioether (sulfide) groups is 1. The van der Waals surface area contributed by atoms with Crippen LogP contribution in [0.1, 0.15) is 20.3 Å². The van der Waals surface area contributed by atoms with Crippen molar-refractivity contribution in [2.75, 3.05) is 11.1 Å². The van der Waals surface area contributed by atoms with Crippen LogP contribution in [0.25, 0.3) is 10.9 Å². The molecular formula is C21H21Cl2N3O2S. The van der Waals surface area contributed by atoms with E-state index in [2.05, 4.69) is 24.1 Å². The monoisotopic (exact) mass is 449 g/mol. The Morgan fingerprint density at radius 1 is 1.14 bits per heavy atom. The second-order valence-electron chi connectivity index (χ2n) is 7.04. The zero-order valence-corrected chi connectivity index (χ0v) is 18.4. The third-order valence-corrected chi connectivity index (χ3v) is 5.74. The summed E-state index contributed by atoms with van der Waals surface area (Å²) in [5.74, 6) is 0.380. The van der Waals surface area contributed by atoms with E-state index in [0.29, 0.717) is 44.3 Å². The van der Waals surface area contributed by atoms with Gasteiger partial charge in [-0.25, -0.2) is 4.98 Å². The number of anilines is 1. The number of nitrogens with one attached hydrogen (secondary N) is 1. The Hall–Kier alpha value is -2.02. The minimum Gasteiger partial charge on any atom is -0.325 e. The van der Waals surface area contributed by atoms with Gasteiger partial charge >= 0.3 is 0 Å². The van der Waals surface area contributed by atoms with Crippen LogP contribution in [0.2, 0.25) is 10.0 Å². The fourth-order valence-electron chi connectivity index (χ4n) is 2.73. The molecule has 0 atom stereocenters. The van der Waals surface area contributed by atoms with Crippen molar-refractivity contribution in [2.24, 2.45) is 5.92 Å². The summed E-state index contributed by atoms with van der Waals surface area (Å²) in [6.07, 6.45) is 0.839. The molecular weight excluding hydrogens is 429 g/mol. The number of carbonyl (C=O) groups is 1. The van der Waals surface area contributed by atoms with E-state index in [1.165, 1.54) is 11.8 Å². The number of amides is 1. The van der Waals surface area contributed by atoms with Gasteiger partial charge in [0.15, 0.2) is 5.16 Å². The topological polar surface area (TPSA) is 64.0 Å². The highest BCUT2D eigenvalue weighted by Gasteiger charge is 2.14. The molecule has 2 aromatic carbocycles. The molecule has 0 unspecified atom stereocenters. The Kier molecular flexibility index (Phi) is 7.22. The van der Waals surface area contributed by atoms with Crippen LogP contribution in [0.4, 0.5) is 5.69 Å². The summed E-state index contributed by atoms with van der Waals surface area (Å²) in [5.41, 5.74) is 1.08. The fourth-order valence-corrected chi connectivity index (χ4v) is 3.85. The first-order valence-corrected chi connectivity index (χ1v) is 11.0. The second-order valence-corrected chi connectivity index (χ2v) is 8.85. The van der Waals surface area contributed by atoms with E-state index < -0.39 is 0 Å². The molecule has 0 saturated carbocycles. The SMILES string of the molecule is CC(C)CCn1c(SCC(=O)Nc2ccc(Cl)cc2)nc2cc(Cl)ccc2c1=O. The van der Waals surface area contributed by atoms with Crippen LogP contribution in [0.15, 0.2) is 52.4 Å². The first kappa shape index (κ1) is 21.7. The molecule has 0 aliphatic rings. The minimum atomic E-state index is -0.187. The lowest BCUT2D eigenvalue weighted by molar-refractivity contribution is -0.113. The summed E-state index contributed by atoms with van der Waals surface area (Å²) in [6.45, 7) is 4.75. The Morgan fingerprint density at radius 2 is 1.83 bits per heavy atom. The van der Waals surface area contributed by atoms with Gasteiger partial charge in [0.2, 0.25) is 5.91 Å². The van der Waals surface area contributed by atoms with Gasteiger partial charge in [-0.1, -0.05) is 48.8 Å². The van der Waals surface area contributed by atoms with E-state index >= 15 is 0 Å². The van der Waals surface area contributed by atoms with Crippen LogP contribution in [-0.4, -0.2) is 21.2 Å². The maximum absolute atomic E-state index is 13.0. The summed E-state index contributed by atoms with van der Waals surface area (Å²) < 4.78 is 1.65. The molecule has 1 aromatic heterocycles. The van der Waals surface area contributed by atoms with Crippen molar-refractivity contribution in [2.45, 2.75) is 32.0 Å². The van der Waals surface area contributed by atoms with Gasteiger partial charge in [-0.15, -0.1) is 0 Å². The number of rotatable bonds is 7. The van der Waals surface area contributed by atoms with Crippen molar-refractivity contribution >= 4 is 57.5 Å². The molecule has 1 heterocycles. The number of benzene rings is 2. The molecule has 0 bridgehead atoms. The lowest BCUT2D eigenvalue weighted by Crippen LogP contribution is -2.25. The number of aromatic nitrogens is 2. The third kappa shape index (κ3) is 5.75. The van der Waals surface area contributed by atoms with Gasteiger partial charge in [0.05, 0.1) is 16.7 Å². The Bertz CT molecular complexity index is 1080. The van der Waals surface area contributed by atoms with Crippen molar-refractivity contribution in [3.8, 4) is 0 Å². The Morgan fingerprint density at radius 3 is 2.52 bits per heavy atom. The quantitative estimate of drug-likeness (QED) is 0.383. The van der Waals surface area contributed by atoms with Crippen LogP contribution >= 0.6 is 35.0 Å². The lowest BCUT2D eigenvalue weighted by atomic mass is 10.1. The maximum Gasteiger partial charge on any atom is 0.262 e. The van der Waals surface area contributed by atoms with Crippen molar-refractivity contribution in [3.63, 3.8) is 0 Å². The predicted octanol–water partition coefficient (Wildman–Crippen LogP) is 5.48. The van der Waals surface area contributed by atoms with E-state index in [9.17, 15) is 9.59 Å². The fraction of sp³-hybridized carbons (Fsp3) is 0.286. The zero-order valence-electron chi connectivity index (χ0n) is 16.1. The van der Waals surface area contributed by atoms with Gasteiger partial charge in [0.25, 0.3) is 5.56 Å². The highest BCUT2D eigenvalue weighted by molar-refractivity contribution is 7.99. The molecule has 152 valence electrons. The molecule has 0 aliphatic carbocycles. The van der Waals surface area contributed by atoms with Gasteiger partial charge in [-0.3, -0.25) is 14.2 Å². The zero-order chi connectivity index (χ0) is 21.0. The molecule has 8 heteroatoms. The van der Waals surface area contributed by atoms with Gasteiger partial charge in [0, 0.05) is 22.3 Å². The molecule has 0 aliphatic heterocycles. The molecule has 0 spiro atoms. The van der Waals surface area contributed by atoms with Gasteiger partial charge in [-0.05, 0) is 54.8 Å². The summed E-state index contributed by atoms with van der Waals surface area (Å²) >= 11 is 13.2. The third-order valence-electron chi connectivity index (χ3n) is 4.27. The van der Waals surface area contributed by atoms with Gasteiger partial charge in [0.1, 0.15) is 0 Å². The van der Waals surface area contributed by atoms with E-state index in [1.54, 1.807) is 47.0 Å². The second kappa shape index (κ2) is 9.65. The van der Waals surface area contributed by atoms with Crippen LogP contribution in [0.3, 0.4) is 0 Å². The van der Waals surface area contributed by atoms with E-state index in [-0.39, 0.29) is 17.2 Å². The van der Waals surface area contributed by atoms with Crippen LogP contribution in [-0.2, 0) is 11.3 Å². The molecule has 0 saturated heterocycles. The van der Waals surface area contributed by atoms with Crippen LogP contribution in [0, 0.1) is 5.92 Å². The molecule has 0 radical (unpaired) electrons. The standard InChI is InChI=1S/C21H21Cl2N3O2S/c1-13(2)9-10-26-20(28)17-8-5-15(23)11-18(17)25-21(26)29-12-19(27)24-16-6-3-14(22)4-7-16/h3-8,11,13H,9-10,12H2,1-2H3,(H,24,27). The maximum atomic E-state index is 13.0. The predicted molar refractivity (Wildman–Crippen MR) is 121 cm³/mol. The number of nitrogens with zero attached hydrogens (tertiary/aromatic N) is 2. The molecule has 29 heavy (non-hydrogen) atoms. The molecule has 0 fully saturated rings. The first-order valence-electron chi connectivity index (χ1n) is 9.22. The average molecular weight is 450 g/mol. The Labute approximate surface area is 183 Å². The summed E-state index contributed by atoms with van der Waals surface area (Å²) in [4.78, 5) is 30.0. The number of carbonyl (C=O) groups excluding carboxylic acids is 1. The van der Waals surface area contributed by atoms with Crippen molar-refractivity contribution in [3.05, 3.63) is 62.9 Å². The van der Waals surface area contributed by atoms with Crippen molar-refractivity contribution in [1.82, 2.24) is 9.55 Å².